The number of alkyl halides is 6. The lowest BCUT2D eigenvalue weighted by Gasteiger charge is -2.44. The molecule has 1 amide bonds. The van der Waals surface area contributed by atoms with Crippen molar-refractivity contribution in [2.24, 2.45) is 17.0 Å². The number of likely N-dealkylation sites (tertiary alicyclic amines) is 1. The summed E-state index contributed by atoms with van der Waals surface area (Å²) in [5.41, 5.74) is 0.210. The Morgan fingerprint density at radius 1 is 0.974 bits per heavy atom. The normalized spacial score (nSPS) is 25.2. The highest BCUT2D eigenvalue weighted by Crippen LogP contribution is 2.35. The molecule has 2 aliphatic heterocycles. The van der Waals surface area contributed by atoms with Crippen molar-refractivity contribution in [3.05, 3.63) is 0 Å². The number of carbonyl (C=O) groups excluding carboxylic acids is 1. The van der Waals surface area contributed by atoms with Crippen molar-refractivity contribution in [2.45, 2.75) is 69.4 Å². The molecule has 16 heteroatoms. The van der Waals surface area contributed by atoms with Crippen LogP contribution < -0.4 is 10.6 Å². The highest BCUT2D eigenvalue weighted by Gasteiger charge is 2.51. The quantitative estimate of drug-likeness (QED) is 0.347. The van der Waals surface area contributed by atoms with Crippen LogP contribution in [0.2, 0.25) is 0 Å². The number of aliphatic carboxylic acids is 2. The van der Waals surface area contributed by atoms with Crippen LogP contribution in [0.15, 0.2) is 5.16 Å². The molecule has 1 saturated heterocycles. The van der Waals surface area contributed by atoms with Gasteiger partial charge >= 0.3 is 24.3 Å². The van der Waals surface area contributed by atoms with Gasteiger partial charge < -0.3 is 25.7 Å². The maximum Gasteiger partial charge on any atom is 0.490 e. The first kappa shape index (κ1) is 31.6. The molecule has 2 unspecified atom stereocenters. The van der Waals surface area contributed by atoms with Crippen molar-refractivity contribution in [1.29, 1.82) is 0 Å². The molecule has 0 aromatic rings. The van der Waals surface area contributed by atoms with Crippen molar-refractivity contribution >= 4 is 23.6 Å². The molecule has 0 aromatic carbocycles. The van der Waals surface area contributed by atoms with E-state index in [1.807, 2.05) is 0 Å². The van der Waals surface area contributed by atoms with Crippen molar-refractivity contribution in [3.8, 4) is 0 Å². The summed E-state index contributed by atoms with van der Waals surface area (Å²) in [6, 6.07) is 0.290. The van der Waals surface area contributed by atoms with Gasteiger partial charge in [-0.05, 0) is 63.6 Å². The molecule has 218 valence electrons. The smallest absolute Gasteiger partial charge is 0.475 e. The number of oxime groups is 1. The third-order valence-corrected chi connectivity index (χ3v) is 6.46. The molecule has 1 spiro atoms. The number of piperidine rings is 1. The zero-order valence-electron chi connectivity index (χ0n) is 20.7. The average Bonchev–Trinajstić information content (AvgIpc) is 3.75. The minimum atomic E-state index is -5.08. The fourth-order valence-corrected chi connectivity index (χ4v) is 3.88. The monoisotopic (exact) mass is 562 g/mol. The Kier molecular flexibility index (Phi) is 10.8. The van der Waals surface area contributed by atoms with Gasteiger partial charge in [0.1, 0.15) is 5.71 Å². The Labute approximate surface area is 214 Å². The number of halogens is 6. The summed E-state index contributed by atoms with van der Waals surface area (Å²) in [6.07, 6.45) is -3.30. The molecule has 4 rings (SSSR count). The van der Waals surface area contributed by atoms with E-state index in [9.17, 15) is 31.1 Å². The maximum absolute atomic E-state index is 12.4. The second-order valence-electron chi connectivity index (χ2n) is 9.69. The standard InChI is InChI=1S/C18H30N4O2.2C2HF3O2/c1-2-22-8-7-16(19-10-13-3-4-13)18(12-22)9-15(21-24-18)17(23)20-11-14-5-6-14;2*3-2(4,5)1(6)7/h13-14,16,19H,2-12H2,1H3,(H,20,23);2*(H,6,7). The number of likely N-dealkylation sites (N-methyl/N-ethyl adjacent to an activating group) is 1. The van der Waals surface area contributed by atoms with Gasteiger partial charge in [-0.1, -0.05) is 12.1 Å². The number of carboxylic acids is 2. The molecule has 10 nitrogen and oxygen atoms in total. The van der Waals surface area contributed by atoms with Crippen LogP contribution in [0.5, 0.6) is 0 Å². The fourth-order valence-electron chi connectivity index (χ4n) is 3.88. The molecule has 38 heavy (non-hydrogen) atoms. The predicted molar refractivity (Wildman–Crippen MR) is 120 cm³/mol. The molecule has 2 saturated carbocycles. The van der Waals surface area contributed by atoms with Gasteiger partial charge in [0.25, 0.3) is 5.91 Å². The van der Waals surface area contributed by atoms with Gasteiger partial charge in [0.2, 0.25) is 0 Å². The highest BCUT2D eigenvalue weighted by atomic mass is 19.4. The second-order valence-corrected chi connectivity index (χ2v) is 9.69. The molecule has 0 radical (unpaired) electrons. The molecule has 4 aliphatic rings. The van der Waals surface area contributed by atoms with E-state index in [4.69, 9.17) is 24.6 Å². The molecule has 2 aliphatic carbocycles. The molecular formula is C22H32F6N4O6. The van der Waals surface area contributed by atoms with E-state index >= 15 is 0 Å². The van der Waals surface area contributed by atoms with Gasteiger partial charge in [-0.3, -0.25) is 9.69 Å². The number of nitrogens with one attached hydrogen (secondary N) is 2. The van der Waals surface area contributed by atoms with Crippen LogP contribution in [0.1, 0.15) is 45.4 Å². The van der Waals surface area contributed by atoms with Crippen LogP contribution in [0.25, 0.3) is 0 Å². The molecule has 3 fully saturated rings. The van der Waals surface area contributed by atoms with E-state index in [1.54, 1.807) is 0 Å². The van der Waals surface area contributed by atoms with E-state index in [0.29, 0.717) is 24.1 Å². The van der Waals surface area contributed by atoms with Gasteiger partial charge in [0.15, 0.2) is 5.60 Å². The van der Waals surface area contributed by atoms with Crippen LogP contribution in [0.3, 0.4) is 0 Å². The summed E-state index contributed by atoms with van der Waals surface area (Å²) in [5.74, 6) is -4.02. The van der Waals surface area contributed by atoms with E-state index in [2.05, 4.69) is 27.6 Å². The summed E-state index contributed by atoms with van der Waals surface area (Å²) in [6.45, 7) is 7.01. The Balaban J connectivity index is 0.000000301. The second kappa shape index (κ2) is 13.0. The van der Waals surface area contributed by atoms with Gasteiger partial charge in [0, 0.05) is 19.5 Å². The largest absolute Gasteiger partial charge is 0.490 e. The molecule has 0 bridgehead atoms. The first-order valence-corrected chi connectivity index (χ1v) is 12.2. The Bertz CT molecular complexity index is 851. The summed E-state index contributed by atoms with van der Waals surface area (Å²) < 4.78 is 63.5. The number of carbonyl (C=O) groups is 3. The van der Waals surface area contributed by atoms with Crippen LogP contribution in [-0.4, -0.2) is 95.4 Å². The minimum absolute atomic E-state index is 0.0339. The molecular weight excluding hydrogens is 530 g/mol. The van der Waals surface area contributed by atoms with E-state index in [-0.39, 0.29) is 11.5 Å². The summed E-state index contributed by atoms with van der Waals surface area (Å²) in [5, 5.41) is 25.2. The van der Waals surface area contributed by atoms with E-state index in [1.165, 1.54) is 25.7 Å². The van der Waals surface area contributed by atoms with Gasteiger partial charge in [-0.2, -0.15) is 26.3 Å². The first-order chi connectivity index (χ1) is 17.6. The lowest BCUT2D eigenvalue weighted by molar-refractivity contribution is -0.193. The van der Waals surface area contributed by atoms with Gasteiger partial charge in [-0.15, -0.1) is 0 Å². The number of rotatable bonds is 7. The molecule has 2 atom stereocenters. The number of hydrogen-bond acceptors (Lipinski definition) is 7. The summed E-state index contributed by atoms with van der Waals surface area (Å²) >= 11 is 0. The summed E-state index contributed by atoms with van der Waals surface area (Å²) in [7, 11) is 0. The third kappa shape index (κ3) is 10.3. The van der Waals surface area contributed by atoms with Crippen molar-refractivity contribution < 1.29 is 55.8 Å². The van der Waals surface area contributed by atoms with Crippen molar-refractivity contribution in [2.75, 3.05) is 32.7 Å². The zero-order chi connectivity index (χ0) is 28.7. The topological polar surface area (TPSA) is 141 Å². The van der Waals surface area contributed by atoms with Crippen LogP contribution in [0.4, 0.5) is 26.3 Å². The van der Waals surface area contributed by atoms with Crippen molar-refractivity contribution in [3.63, 3.8) is 0 Å². The van der Waals surface area contributed by atoms with Crippen LogP contribution in [-0.2, 0) is 19.2 Å². The number of nitrogens with zero attached hydrogens (tertiary/aromatic N) is 2. The number of amides is 1. The first-order valence-electron chi connectivity index (χ1n) is 12.2. The van der Waals surface area contributed by atoms with Crippen LogP contribution in [0, 0.1) is 11.8 Å². The minimum Gasteiger partial charge on any atom is -0.475 e. The van der Waals surface area contributed by atoms with E-state index in [0.717, 1.165) is 45.1 Å². The molecule has 0 aromatic heterocycles. The van der Waals surface area contributed by atoms with Gasteiger partial charge in [0.05, 0.1) is 6.04 Å². The number of carboxylic acid groups (broad SMARTS) is 2. The lowest BCUT2D eigenvalue weighted by atomic mass is 9.83. The van der Waals surface area contributed by atoms with Gasteiger partial charge in [-0.25, -0.2) is 9.59 Å². The van der Waals surface area contributed by atoms with Crippen molar-refractivity contribution in [1.82, 2.24) is 15.5 Å². The van der Waals surface area contributed by atoms with E-state index < -0.39 is 24.3 Å². The highest BCUT2D eigenvalue weighted by molar-refractivity contribution is 6.39. The maximum atomic E-state index is 12.4. The Hall–Kier alpha value is -2.62. The fraction of sp³-hybridized carbons (Fsp3) is 0.818. The van der Waals surface area contributed by atoms with Crippen LogP contribution >= 0.6 is 0 Å². The molecule has 2 heterocycles. The molecule has 4 N–H and O–H groups in total. The Morgan fingerprint density at radius 3 is 1.92 bits per heavy atom. The third-order valence-electron chi connectivity index (χ3n) is 6.46. The summed E-state index contributed by atoms with van der Waals surface area (Å²) in [4.78, 5) is 38.5. The number of hydrogen-bond donors (Lipinski definition) is 4. The zero-order valence-corrected chi connectivity index (χ0v) is 20.7. The average molecular weight is 563 g/mol. The predicted octanol–water partition coefficient (Wildman–Crippen LogP) is 2.39. The lowest BCUT2D eigenvalue weighted by Crippen LogP contribution is -2.62. The SMILES string of the molecule is CCN1CCC(NCC2CC2)C2(CC(C(=O)NCC3CC3)=NO2)C1.O=C(O)C(F)(F)F.O=C(O)C(F)(F)F. The Morgan fingerprint density at radius 2 is 1.47 bits per heavy atom.